The summed E-state index contributed by atoms with van der Waals surface area (Å²) in [5.74, 6) is 2.20. The maximum absolute atomic E-state index is 11.5. The van der Waals surface area contributed by atoms with Crippen molar-refractivity contribution in [2.75, 3.05) is 0 Å². The van der Waals surface area contributed by atoms with Crippen molar-refractivity contribution in [1.82, 2.24) is 0 Å². The predicted molar refractivity (Wildman–Crippen MR) is 48.8 cm³/mol. The van der Waals surface area contributed by atoms with Gasteiger partial charge < -0.3 is 0 Å². The Morgan fingerprint density at radius 1 is 1.50 bits per heavy atom. The zero-order chi connectivity index (χ0) is 8.72. The third-order valence-electron chi connectivity index (χ3n) is 3.09. The quantitative estimate of drug-likeness (QED) is 0.573. The summed E-state index contributed by atoms with van der Waals surface area (Å²) in [4.78, 5) is 11.5. The minimum atomic E-state index is 0.378. The largest absolute Gasteiger partial charge is 0.299 e. The van der Waals surface area contributed by atoms with Gasteiger partial charge in [0.05, 0.1) is 0 Å². The monoisotopic (exact) mass is 164 g/mol. The molecule has 0 heterocycles. The van der Waals surface area contributed by atoms with Crippen LogP contribution in [0.2, 0.25) is 0 Å². The van der Waals surface area contributed by atoms with Crippen LogP contribution >= 0.6 is 0 Å². The molecule has 3 atom stereocenters. The minimum absolute atomic E-state index is 0.378. The van der Waals surface area contributed by atoms with Gasteiger partial charge in [-0.05, 0) is 39.0 Å². The molecule has 0 N–H and O–H groups in total. The van der Waals surface area contributed by atoms with Crippen molar-refractivity contribution in [3.05, 3.63) is 11.6 Å². The van der Waals surface area contributed by atoms with Crippen LogP contribution in [0.4, 0.5) is 0 Å². The average Bonchev–Trinajstić information content (AvgIpc) is 2.70. The van der Waals surface area contributed by atoms with E-state index in [-0.39, 0.29) is 0 Å². The number of rotatable bonds is 2. The lowest BCUT2D eigenvalue weighted by atomic mass is 9.97. The molecule has 0 saturated heterocycles. The van der Waals surface area contributed by atoms with Gasteiger partial charge in [0, 0.05) is 11.8 Å². The van der Waals surface area contributed by atoms with Gasteiger partial charge in [-0.1, -0.05) is 11.6 Å². The van der Waals surface area contributed by atoms with Crippen LogP contribution in [0, 0.1) is 17.8 Å². The Morgan fingerprint density at radius 2 is 2.25 bits per heavy atom. The van der Waals surface area contributed by atoms with E-state index in [1.807, 2.05) is 0 Å². The second kappa shape index (κ2) is 2.72. The first-order valence-corrected chi connectivity index (χ1v) is 4.85. The third kappa shape index (κ3) is 1.33. The molecule has 1 nitrogen and oxygen atoms in total. The summed E-state index contributed by atoms with van der Waals surface area (Å²) in [6.45, 7) is 4.19. The summed E-state index contributed by atoms with van der Waals surface area (Å²) in [6.07, 6.45) is 5.57. The van der Waals surface area contributed by atoms with Crippen LogP contribution in [0.5, 0.6) is 0 Å². The Balaban J connectivity index is 1.90. The van der Waals surface area contributed by atoms with Gasteiger partial charge in [-0.25, -0.2) is 0 Å². The van der Waals surface area contributed by atoms with Crippen LogP contribution < -0.4 is 0 Å². The lowest BCUT2D eigenvalue weighted by Crippen LogP contribution is -2.09. The molecule has 2 rings (SSSR count). The number of hydrogen-bond acceptors (Lipinski definition) is 1. The Hall–Kier alpha value is -0.590. The van der Waals surface area contributed by atoms with Crippen LogP contribution in [0.1, 0.15) is 33.1 Å². The first-order chi connectivity index (χ1) is 5.68. The van der Waals surface area contributed by atoms with Gasteiger partial charge in [0.15, 0.2) is 0 Å². The molecule has 0 spiro atoms. The second-order valence-electron chi connectivity index (χ2n) is 4.45. The zero-order valence-corrected chi connectivity index (χ0v) is 7.84. The van der Waals surface area contributed by atoms with Crippen molar-refractivity contribution >= 4 is 5.78 Å². The van der Waals surface area contributed by atoms with E-state index >= 15 is 0 Å². The lowest BCUT2D eigenvalue weighted by molar-refractivity contribution is -0.122. The molecule has 1 heteroatoms. The minimum Gasteiger partial charge on any atom is -0.299 e. The highest BCUT2D eigenvalue weighted by molar-refractivity contribution is 5.88. The summed E-state index contributed by atoms with van der Waals surface area (Å²) in [7, 11) is 0. The first kappa shape index (κ1) is 8.03. The number of carbonyl (C=O) groups is 1. The predicted octanol–water partition coefficient (Wildman–Crippen LogP) is 2.57. The number of fused-ring (bicyclic) bond motifs is 1. The fourth-order valence-corrected chi connectivity index (χ4v) is 2.23. The van der Waals surface area contributed by atoms with Gasteiger partial charge in [-0.3, -0.25) is 4.79 Å². The fourth-order valence-electron chi connectivity index (χ4n) is 2.23. The van der Waals surface area contributed by atoms with Crippen molar-refractivity contribution in [3.63, 3.8) is 0 Å². The van der Waals surface area contributed by atoms with E-state index in [4.69, 9.17) is 0 Å². The van der Waals surface area contributed by atoms with Crippen molar-refractivity contribution < 1.29 is 4.79 Å². The van der Waals surface area contributed by atoms with Gasteiger partial charge in [0.2, 0.25) is 0 Å². The van der Waals surface area contributed by atoms with Gasteiger partial charge in [-0.15, -0.1) is 0 Å². The van der Waals surface area contributed by atoms with Gasteiger partial charge in [0.25, 0.3) is 0 Å². The molecular formula is C11H16O. The molecule has 12 heavy (non-hydrogen) atoms. The van der Waals surface area contributed by atoms with E-state index in [9.17, 15) is 4.79 Å². The van der Waals surface area contributed by atoms with E-state index < -0.39 is 0 Å². The van der Waals surface area contributed by atoms with Crippen molar-refractivity contribution in [1.29, 1.82) is 0 Å². The summed E-state index contributed by atoms with van der Waals surface area (Å²) >= 11 is 0. The molecule has 2 saturated carbocycles. The Labute approximate surface area is 73.8 Å². The van der Waals surface area contributed by atoms with Crippen LogP contribution in [0.25, 0.3) is 0 Å². The summed E-state index contributed by atoms with van der Waals surface area (Å²) in [5, 5.41) is 0. The maximum atomic E-state index is 11.5. The standard InChI is InChI=1S/C11H16O/c1-7(2)3-4-8-5-9-6-10(9)11(8)12/h3,8-10H,4-6H2,1-2H3/t8-,9-,10-/m0/s1. The summed E-state index contributed by atoms with van der Waals surface area (Å²) in [6, 6.07) is 0. The Bertz CT molecular complexity index is 235. The first-order valence-electron chi connectivity index (χ1n) is 4.85. The molecule has 2 aliphatic carbocycles. The highest BCUT2D eigenvalue weighted by Gasteiger charge is 2.52. The third-order valence-corrected chi connectivity index (χ3v) is 3.09. The molecule has 0 bridgehead atoms. The van der Waals surface area contributed by atoms with Gasteiger partial charge >= 0.3 is 0 Å². The number of Topliss-reactive ketones (excluding diaryl/α,β-unsaturated/α-hetero) is 1. The maximum Gasteiger partial charge on any atom is 0.139 e. The molecule has 0 aromatic rings. The zero-order valence-electron chi connectivity index (χ0n) is 7.84. The molecule has 2 aliphatic rings. The van der Waals surface area contributed by atoms with Crippen LogP contribution in [0.15, 0.2) is 11.6 Å². The Morgan fingerprint density at radius 3 is 2.75 bits per heavy atom. The molecule has 66 valence electrons. The van der Waals surface area contributed by atoms with Crippen molar-refractivity contribution in [2.24, 2.45) is 17.8 Å². The number of ketones is 1. The second-order valence-corrected chi connectivity index (χ2v) is 4.45. The fraction of sp³-hybridized carbons (Fsp3) is 0.727. The molecule has 0 radical (unpaired) electrons. The van der Waals surface area contributed by atoms with Crippen LogP contribution in [-0.4, -0.2) is 5.78 Å². The van der Waals surface area contributed by atoms with E-state index in [0.717, 1.165) is 12.3 Å². The molecule has 0 aromatic carbocycles. The highest BCUT2D eigenvalue weighted by Crippen LogP contribution is 2.52. The van der Waals surface area contributed by atoms with Gasteiger partial charge in [-0.2, -0.15) is 0 Å². The summed E-state index contributed by atoms with van der Waals surface area (Å²) in [5.41, 5.74) is 1.34. The topological polar surface area (TPSA) is 17.1 Å². The molecule has 0 aliphatic heterocycles. The van der Waals surface area contributed by atoms with E-state index in [1.54, 1.807) is 0 Å². The number of hydrogen-bond donors (Lipinski definition) is 0. The van der Waals surface area contributed by atoms with Crippen LogP contribution in [-0.2, 0) is 4.79 Å². The van der Waals surface area contributed by atoms with Gasteiger partial charge in [0.1, 0.15) is 5.78 Å². The molecule has 0 unspecified atom stereocenters. The van der Waals surface area contributed by atoms with Crippen molar-refractivity contribution in [3.8, 4) is 0 Å². The number of allylic oxidation sites excluding steroid dienone is 2. The number of carbonyl (C=O) groups excluding carboxylic acids is 1. The van der Waals surface area contributed by atoms with E-state index in [2.05, 4.69) is 19.9 Å². The average molecular weight is 164 g/mol. The normalized spacial score (nSPS) is 37.8. The molecular weight excluding hydrogens is 148 g/mol. The van der Waals surface area contributed by atoms with E-state index in [1.165, 1.54) is 18.4 Å². The van der Waals surface area contributed by atoms with Crippen LogP contribution in [0.3, 0.4) is 0 Å². The Kier molecular flexibility index (Phi) is 1.82. The van der Waals surface area contributed by atoms with Crippen molar-refractivity contribution in [2.45, 2.75) is 33.1 Å². The SMILES string of the molecule is CC(C)=CC[C@H]1C[C@H]2C[C@@H]2C1=O. The molecule has 0 amide bonds. The van der Waals surface area contributed by atoms with E-state index in [0.29, 0.717) is 17.6 Å². The molecule has 2 fully saturated rings. The lowest BCUT2D eigenvalue weighted by Gasteiger charge is -2.06. The molecule has 0 aromatic heterocycles. The highest BCUT2D eigenvalue weighted by atomic mass is 16.1. The smallest absolute Gasteiger partial charge is 0.139 e. The summed E-state index contributed by atoms with van der Waals surface area (Å²) < 4.78 is 0.